The molecular weight excluding hydrogens is 745 g/mol. The Morgan fingerprint density at radius 2 is 1.83 bits per heavy atom. The first-order chi connectivity index (χ1) is 28.2. The minimum Gasteiger partial charge on any atom is -0.496 e. The van der Waals surface area contributed by atoms with Gasteiger partial charge in [0.05, 0.1) is 32.9 Å². The number of hydrogen-bond acceptors (Lipinski definition) is 10. The highest BCUT2D eigenvalue weighted by molar-refractivity contribution is 5.97. The molecule has 1 aliphatic heterocycles. The summed E-state index contributed by atoms with van der Waals surface area (Å²) in [5.41, 5.74) is 4.92. The van der Waals surface area contributed by atoms with Gasteiger partial charge < -0.3 is 35.4 Å². The standard InChI is InChI=1S/C47H66N6O6/c1-29-39-24-35(47(39,3)4)25-40(29)50-46(57)43-42(30(2)55)41(26-48-5)59-53(43)27-32-16-13-17-38(44(32)58-9)33-21-34(23-37(22-33)52(8)18-19-54)45(56)49-36(28-51(6)7)20-31-14-11-10-12-15-31/h10-17,21-23,29-30,35-36,39-43,54-55H,5,18-20,24-28H2,1-4,6-9H3,(H,49,56)(H,50,57)/t29-,30-,35+,36-,39-,40-,41-,42+,43-/m0/s1. The maximum Gasteiger partial charge on any atom is 0.251 e. The fourth-order valence-electron chi connectivity index (χ4n) is 10.1. The largest absolute Gasteiger partial charge is 0.496 e. The molecule has 0 radical (unpaired) electrons. The van der Waals surface area contributed by atoms with Gasteiger partial charge in [0, 0.05) is 60.5 Å². The number of carbonyl (C=O) groups excluding carboxylic acids is 2. The lowest BCUT2D eigenvalue weighted by Gasteiger charge is -2.62. The van der Waals surface area contributed by atoms with Crippen LogP contribution in [0.3, 0.4) is 0 Å². The van der Waals surface area contributed by atoms with Crippen molar-refractivity contribution in [2.24, 2.45) is 34.1 Å². The number of aliphatic hydroxyl groups excluding tert-OH is 2. The number of para-hydroxylation sites is 1. The topological polar surface area (TPSA) is 139 Å². The van der Waals surface area contributed by atoms with Gasteiger partial charge in [0.25, 0.3) is 5.91 Å². The van der Waals surface area contributed by atoms with Gasteiger partial charge in [0.1, 0.15) is 17.9 Å². The summed E-state index contributed by atoms with van der Waals surface area (Å²) in [4.78, 5) is 43.2. The number of hydrogen-bond donors (Lipinski definition) is 4. The van der Waals surface area contributed by atoms with Crippen LogP contribution in [0, 0.1) is 29.1 Å². The molecule has 0 unspecified atom stereocenters. The lowest BCUT2D eigenvalue weighted by Crippen LogP contribution is -2.62. The summed E-state index contributed by atoms with van der Waals surface area (Å²) in [7, 11) is 7.49. The molecule has 0 spiro atoms. The summed E-state index contributed by atoms with van der Waals surface area (Å²) >= 11 is 0. The molecule has 4 fully saturated rings. The van der Waals surface area contributed by atoms with Gasteiger partial charge in [0.15, 0.2) is 0 Å². The molecule has 3 saturated carbocycles. The number of methoxy groups -OCH3 is 1. The lowest BCUT2D eigenvalue weighted by atomic mass is 9.45. The Morgan fingerprint density at radius 1 is 1.08 bits per heavy atom. The summed E-state index contributed by atoms with van der Waals surface area (Å²) < 4.78 is 6.16. The number of amides is 2. The number of ether oxygens (including phenoxy) is 1. The van der Waals surface area contributed by atoms with E-state index in [1.807, 2.05) is 80.6 Å². The van der Waals surface area contributed by atoms with Crippen LogP contribution in [-0.4, -0.2) is 124 Å². The van der Waals surface area contributed by atoms with Gasteiger partial charge in [-0.1, -0.05) is 69.3 Å². The molecule has 9 atom stereocenters. The Hall–Kier alpha value is -4.33. The monoisotopic (exact) mass is 811 g/mol. The van der Waals surface area contributed by atoms with Crippen molar-refractivity contribution in [1.82, 2.24) is 20.6 Å². The first-order valence-corrected chi connectivity index (χ1v) is 21.1. The zero-order valence-corrected chi connectivity index (χ0v) is 36.2. The molecule has 12 nitrogen and oxygen atoms in total. The molecule has 4 aliphatic rings. The van der Waals surface area contributed by atoms with E-state index in [2.05, 4.69) is 60.1 Å². The van der Waals surface area contributed by atoms with Crippen molar-refractivity contribution in [3.63, 3.8) is 0 Å². The molecule has 1 heterocycles. The zero-order valence-electron chi connectivity index (χ0n) is 36.2. The predicted octanol–water partition coefficient (Wildman–Crippen LogP) is 5.06. The molecule has 59 heavy (non-hydrogen) atoms. The minimum atomic E-state index is -0.847. The molecule has 3 aromatic carbocycles. The Balaban J connectivity index is 1.32. The minimum absolute atomic E-state index is 0.0457. The van der Waals surface area contributed by atoms with Crippen LogP contribution >= 0.6 is 0 Å². The maximum absolute atomic E-state index is 14.5. The van der Waals surface area contributed by atoms with Gasteiger partial charge >= 0.3 is 0 Å². The number of rotatable bonds is 18. The van der Waals surface area contributed by atoms with Crippen molar-refractivity contribution >= 4 is 24.2 Å². The number of likely N-dealkylation sites (N-methyl/N-ethyl adjacent to an activating group) is 2. The van der Waals surface area contributed by atoms with E-state index in [1.54, 1.807) is 19.1 Å². The molecule has 0 aromatic heterocycles. The second-order valence-corrected chi connectivity index (χ2v) is 18.0. The van der Waals surface area contributed by atoms with Crippen LogP contribution in [-0.2, 0) is 22.6 Å². The highest BCUT2D eigenvalue weighted by atomic mass is 16.7. The average molecular weight is 811 g/mol. The Kier molecular flexibility index (Phi) is 14.2. The highest BCUT2D eigenvalue weighted by Crippen LogP contribution is 2.61. The number of nitrogens with one attached hydrogen (secondary N) is 2. The van der Waals surface area contributed by atoms with Crippen LogP contribution in [0.15, 0.2) is 71.7 Å². The van der Waals surface area contributed by atoms with Crippen LogP contribution in [0.25, 0.3) is 11.1 Å². The van der Waals surface area contributed by atoms with Crippen molar-refractivity contribution in [3.8, 4) is 16.9 Å². The number of aliphatic hydroxyl groups is 2. The van der Waals surface area contributed by atoms with Crippen LogP contribution in [0.4, 0.5) is 5.69 Å². The van der Waals surface area contributed by atoms with Crippen molar-refractivity contribution in [3.05, 3.63) is 83.4 Å². The number of hydroxylamine groups is 2. The van der Waals surface area contributed by atoms with E-state index >= 15 is 0 Å². The van der Waals surface area contributed by atoms with E-state index < -0.39 is 24.2 Å². The molecule has 4 N–H and O–H groups in total. The second-order valence-electron chi connectivity index (χ2n) is 18.0. The van der Waals surface area contributed by atoms with Crippen LogP contribution < -0.4 is 20.3 Å². The molecule has 320 valence electrons. The third-order valence-corrected chi connectivity index (χ3v) is 13.4. The van der Waals surface area contributed by atoms with Crippen LogP contribution in [0.5, 0.6) is 5.75 Å². The summed E-state index contributed by atoms with van der Waals surface area (Å²) in [6.45, 7) is 13.7. The zero-order chi connectivity index (χ0) is 42.6. The number of anilines is 1. The molecule has 3 aliphatic carbocycles. The van der Waals surface area contributed by atoms with Gasteiger partial charge in [-0.15, -0.1) is 0 Å². The van der Waals surface area contributed by atoms with Gasteiger partial charge in [-0.3, -0.25) is 19.4 Å². The van der Waals surface area contributed by atoms with Crippen molar-refractivity contribution < 1.29 is 29.4 Å². The van der Waals surface area contributed by atoms with E-state index in [0.717, 1.165) is 34.4 Å². The highest BCUT2D eigenvalue weighted by Gasteiger charge is 2.57. The fourth-order valence-corrected chi connectivity index (χ4v) is 10.1. The molecule has 7 rings (SSSR count). The third kappa shape index (κ3) is 9.68. The van der Waals surface area contributed by atoms with E-state index in [1.165, 1.54) is 6.42 Å². The van der Waals surface area contributed by atoms with Crippen LogP contribution in [0.1, 0.15) is 62.0 Å². The number of benzene rings is 3. The third-order valence-electron chi connectivity index (χ3n) is 13.4. The van der Waals surface area contributed by atoms with E-state index in [4.69, 9.17) is 9.57 Å². The molecule has 12 heteroatoms. The lowest BCUT2D eigenvalue weighted by molar-refractivity contribution is -0.175. The van der Waals surface area contributed by atoms with E-state index in [0.29, 0.717) is 48.6 Å². The number of nitrogens with zero attached hydrogens (tertiary/aromatic N) is 4. The normalized spacial score (nSPS) is 25.8. The van der Waals surface area contributed by atoms with Gasteiger partial charge in [-0.25, -0.2) is 0 Å². The van der Waals surface area contributed by atoms with Crippen molar-refractivity contribution in [1.29, 1.82) is 0 Å². The predicted molar refractivity (Wildman–Crippen MR) is 234 cm³/mol. The van der Waals surface area contributed by atoms with Gasteiger partial charge in [-0.2, -0.15) is 5.06 Å². The van der Waals surface area contributed by atoms with Crippen molar-refractivity contribution in [2.45, 2.75) is 83.8 Å². The fraction of sp³-hybridized carbons (Fsp3) is 0.553. The summed E-state index contributed by atoms with van der Waals surface area (Å²) in [6.07, 6.45) is 1.42. The summed E-state index contributed by atoms with van der Waals surface area (Å²) in [5.74, 6) is 1.12. The van der Waals surface area contributed by atoms with Gasteiger partial charge in [-0.05, 0) is 99.5 Å². The number of carbonyl (C=O) groups is 2. The Labute approximate surface area is 350 Å². The molecular formula is C47H66N6O6. The SMILES string of the molecule is C=NC[C@@H]1ON(Cc2cccc(-c3cc(C(=O)N[C@@H](Cc4ccccc4)CN(C)C)cc(N(C)CCO)c3)c2OC)[C@H](C(=O)N[C@H]2C[C@H]3C[C@@H]([C@@H]2C)C3(C)C)[C@@H]1[C@H](C)O. The van der Waals surface area contributed by atoms with Crippen molar-refractivity contribution in [2.75, 3.05) is 59.4 Å². The molecule has 2 bridgehead atoms. The van der Waals surface area contributed by atoms with E-state index in [9.17, 15) is 19.8 Å². The summed E-state index contributed by atoms with van der Waals surface area (Å²) in [6, 6.07) is 20.8. The summed E-state index contributed by atoms with van der Waals surface area (Å²) in [5, 5.41) is 29.4. The Bertz CT molecular complexity index is 1920. The number of aliphatic imine (C=N–C) groups is 1. The first kappa shape index (κ1) is 44.2. The number of fused-ring (bicyclic) bond motifs is 2. The van der Waals surface area contributed by atoms with E-state index in [-0.39, 0.29) is 49.0 Å². The van der Waals surface area contributed by atoms with Gasteiger partial charge in [0.2, 0.25) is 5.91 Å². The average Bonchev–Trinajstić information content (AvgIpc) is 3.56. The molecule has 1 saturated heterocycles. The molecule has 3 aromatic rings. The molecule has 2 amide bonds. The first-order valence-electron chi connectivity index (χ1n) is 21.1. The Morgan fingerprint density at radius 3 is 2.46 bits per heavy atom. The quantitative estimate of drug-likeness (QED) is 0.130. The maximum atomic E-state index is 14.5. The second kappa shape index (κ2) is 18.9. The van der Waals surface area contributed by atoms with Crippen LogP contribution in [0.2, 0.25) is 0 Å². The smallest absolute Gasteiger partial charge is 0.251 e.